The van der Waals surface area contributed by atoms with Gasteiger partial charge in [-0.1, -0.05) is 35.9 Å². The second-order valence-corrected chi connectivity index (χ2v) is 5.37. The van der Waals surface area contributed by atoms with Gasteiger partial charge in [-0.05, 0) is 48.2 Å². The van der Waals surface area contributed by atoms with Gasteiger partial charge >= 0.3 is 0 Å². The molecule has 0 aromatic heterocycles. The Hall–Kier alpha value is -1.80. The van der Waals surface area contributed by atoms with Gasteiger partial charge in [0.15, 0.2) is 0 Å². The lowest BCUT2D eigenvalue weighted by molar-refractivity contribution is -0.116. The predicted octanol–water partition coefficient (Wildman–Crippen LogP) is 4.04. The SMILES string of the molecule is Cc1cc2c(cc1C)C(c1ccccc1Cl)C(=O)N2. The molecule has 19 heavy (non-hydrogen) atoms. The molecule has 1 heterocycles. The number of hydrogen-bond acceptors (Lipinski definition) is 1. The van der Waals surface area contributed by atoms with Gasteiger partial charge in [0.05, 0.1) is 5.92 Å². The number of anilines is 1. The van der Waals surface area contributed by atoms with Crippen LogP contribution in [0.1, 0.15) is 28.2 Å². The van der Waals surface area contributed by atoms with E-state index in [9.17, 15) is 4.79 Å². The zero-order valence-electron chi connectivity index (χ0n) is 10.8. The topological polar surface area (TPSA) is 29.1 Å². The summed E-state index contributed by atoms with van der Waals surface area (Å²) in [6.07, 6.45) is 0. The lowest BCUT2D eigenvalue weighted by atomic mass is 9.90. The summed E-state index contributed by atoms with van der Waals surface area (Å²) < 4.78 is 0. The molecule has 3 heteroatoms. The number of carbonyl (C=O) groups is 1. The number of nitrogens with one attached hydrogen (secondary N) is 1. The van der Waals surface area contributed by atoms with Crippen molar-refractivity contribution in [1.82, 2.24) is 0 Å². The fourth-order valence-electron chi connectivity index (χ4n) is 2.55. The van der Waals surface area contributed by atoms with E-state index in [1.165, 1.54) is 11.1 Å². The van der Waals surface area contributed by atoms with E-state index >= 15 is 0 Å². The maximum atomic E-state index is 12.2. The van der Waals surface area contributed by atoms with Crippen LogP contribution in [0.25, 0.3) is 0 Å². The third-order valence-corrected chi connectivity index (χ3v) is 4.06. The summed E-state index contributed by atoms with van der Waals surface area (Å²) in [6.45, 7) is 4.10. The highest BCUT2D eigenvalue weighted by Crippen LogP contribution is 2.40. The summed E-state index contributed by atoms with van der Waals surface area (Å²) in [7, 11) is 0. The molecule has 1 aliphatic rings. The summed E-state index contributed by atoms with van der Waals surface area (Å²) >= 11 is 6.23. The third-order valence-electron chi connectivity index (χ3n) is 3.71. The van der Waals surface area contributed by atoms with E-state index < -0.39 is 0 Å². The first kappa shape index (κ1) is 12.2. The zero-order chi connectivity index (χ0) is 13.6. The molecular formula is C16H14ClNO. The Morgan fingerprint density at radius 1 is 1.05 bits per heavy atom. The fraction of sp³-hybridized carbons (Fsp3) is 0.188. The monoisotopic (exact) mass is 271 g/mol. The first-order valence-electron chi connectivity index (χ1n) is 6.24. The van der Waals surface area contributed by atoms with Crippen LogP contribution in [0.3, 0.4) is 0 Å². The highest BCUT2D eigenvalue weighted by atomic mass is 35.5. The zero-order valence-corrected chi connectivity index (χ0v) is 11.6. The average Bonchev–Trinajstić information content (AvgIpc) is 2.66. The highest BCUT2D eigenvalue weighted by Gasteiger charge is 2.33. The minimum Gasteiger partial charge on any atom is -0.325 e. The third kappa shape index (κ3) is 1.92. The van der Waals surface area contributed by atoms with Gasteiger partial charge < -0.3 is 5.32 Å². The highest BCUT2D eigenvalue weighted by molar-refractivity contribution is 6.32. The lowest BCUT2D eigenvalue weighted by Crippen LogP contribution is -2.13. The van der Waals surface area contributed by atoms with E-state index in [-0.39, 0.29) is 11.8 Å². The molecule has 1 aliphatic heterocycles. The number of benzene rings is 2. The molecule has 0 aliphatic carbocycles. The number of rotatable bonds is 1. The van der Waals surface area contributed by atoms with E-state index in [1.807, 2.05) is 37.3 Å². The van der Waals surface area contributed by atoms with Gasteiger partial charge in [0.2, 0.25) is 5.91 Å². The summed E-state index contributed by atoms with van der Waals surface area (Å²) in [5.74, 6) is -0.309. The quantitative estimate of drug-likeness (QED) is 0.833. The van der Waals surface area contributed by atoms with Gasteiger partial charge in [0, 0.05) is 10.7 Å². The Morgan fingerprint density at radius 2 is 1.74 bits per heavy atom. The van der Waals surface area contributed by atoms with Crippen molar-refractivity contribution in [3.05, 3.63) is 63.7 Å². The molecule has 1 atom stereocenters. The maximum Gasteiger partial charge on any atom is 0.236 e. The Bertz CT molecular complexity index is 678. The van der Waals surface area contributed by atoms with Crippen molar-refractivity contribution in [2.45, 2.75) is 19.8 Å². The van der Waals surface area contributed by atoms with Crippen LogP contribution in [0.15, 0.2) is 36.4 Å². The van der Waals surface area contributed by atoms with Crippen molar-refractivity contribution in [2.24, 2.45) is 0 Å². The van der Waals surface area contributed by atoms with Crippen LogP contribution >= 0.6 is 11.6 Å². The van der Waals surface area contributed by atoms with E-state index in [1.54, 1.807) is 0 Å². The minimum absolute atomic E-state index is 0.00639. The normalized spacial score (nSPS) is 17.2. The molecule has 0 saturated carbocycles. The van der Waals surface area contributed by atoms with Crippen LogP contribution in [0.5, 0.6) is 0 Å². The second-order valence-electron chi connectivity index (χ2n) is 4.97. The van der Waals surface area contributed by atoms with Crippen molar-refractivity contribution in [3.8, 4) is 0 Å². The molecule has 1 N–H and O–H groups in total. The molecule has 2 nitrogen and oxygen atoms in total. The van der Waals surface area contributed by atoms with Crippen LogP contribution in [0.2, 0.25) is 5.02 Å². The average molecular weight is 272 g/mol. The molecule has 96 valence electrons. The van der Waals surface area contributed by atoms with Crippen LogP contribution in [0.4, 0.5) is 5.69 Å². The first-order valence-corrected chi connectivity index (χ1v) is 6.62. The number of fused-ring (bicyclic) bond motifs is 1. The second kappa shape index (κ2) is 4.39. The molecule has 3 rings (SSSR count). The Kier molecular flexibility index (Phi) is 2.83. The largest absolute Gasteiger partial charge is 0.325 e. The number of hydrogen-bond donors (Lipinski definition) is 1. The number of amides is 1. The van der Waals surface area contributed by atoms with Gasteiger partial charge in [0.25, 0.3) is 0 Å². The van der Waals surface area contributed by atoms with E-state index in [0.29, 0.717) is 5.02 Å². The van der Waals surface area contributed by atoms with Crippen LogP contribution in [-0.2, 0) is 4.79 Å². The van der Waals surface area contributed by atoms with Crippen molar-refractivity contribution in [3.63, 3.8) is 0 Å². The smallest absolute Gasteiger partial charge is 0.236 e. The van der Waals surface area contributed by atoms with E-state index in [0.717, 1.165) is 16.8 Å². The molecule has 0 radical (unpaired) electrons. The van der Waals surface area contributed by atoms with Gasteiger partial charge in [-0.15, -0.1) is 0 Å². The minimum atomic E-state index is -0.303. The van der Waals surface area contributed by atoms with Gasteiger partial charge in [-0.2, -0.15) is 0 Å². The molecule has 1 unspecified atom stereocenters. The number of carbonyl (C=O) groups excluding carboxylic acids is 1. The van der Waals surface area contributed by atoms with Crippen LogP contribution < -0.4 is 5.32 Å². The fourth-order valence-corrected chi connectivity index (χ4v) is 2.79. The first-order chi connectivity index (χ1) is 9.08. The summed E-state index contributed by atoms with van der Waals surface area (Å²) in [6, 6.07) is 11.6. The van der Waals surface area contributed by atoms with Crippen molar-refractivity contribution in [1.29, 1.82) is 0 Å². The molecule has 2 aromatic carbocycles. The molecule has 0 spiro atoms. The van der Waals surface area contributed by atoms with Crippen LogP contribution in [-0.4, -0.2) is 5.91 Å². The Labute approximate surface area is 117 Å². The molecular weight excluding hydrogens is 258 g/mol. The van der Waals surface area contributed by atoms with Crippen molar-refractivity contribution < 1.29 is 4.79 Å². The van der Waals surface area contributed by atoms with Gasteiger partial charge in [-0.3, -0.25) is 4.79 Å². The predicted molar refractivity (Wildman–Crippen MR) is 77.8 cm³/mol. The van der Waals surface area contributed by atoms with E-state index in [2.05, 4.69) is 18.3 Å². The van der Waals surface area contributed by atoms with Gasteiger partial charge in [-0.25, -0.2) is 0 Å². The van der Waals surface area contributed by atoms with Crippen molar-refractivity contribution >= 4 is 23.2 Å². The molecule has 0 bridgehead atoms. The standard InChI is InChI=1S/C16H14ClNO/c1-9-7-12-14(8-10(9)2)18-16(19)15(12)11-5-3-4-6-13(11)17/h3-8,15H,1-2H3,(H,18,19). The summed E-state index contributed by atoms with van der Waals surface area (Å²) in [5, 5.41) is 3.58. The molecule has 2 aromatic rings. The van der Waals surface area contributed by atoms with Gasteiger partial charge in [0.1, 0.15) is 0 Å². The molecule has 0 fully saturated rings. The maximum absolute atomic E-state index is 12.2. The van der Waals surface area contributed by atoms with E-state index in [4.69, 9.17) is 11.6 Å². The molecule has 0 saturated heterocycles. The summed E-state index contributed by atoms with van der Waals surface area (Å²) in [5.41, 5.74) is 5.15. The number of halogens is 1. The number of aryl methyl sites for hydroxylation is 2. The van der Waals surface area contributed by atoms with Crippen LogP contribution in [0, 0.1) is 13.8 Å². The summed E-state index contributed by atoms with van der Waals surface area (Å²) in [4.78, 5) is 12.2. The Morgan fingerprint density at radius 3 is 2.47 bits per heavy atom. The lowest BCUT2D eigenvalue weighted by Gasteiger charge is -2.12. The Balaban J connectivity index is 2.18. The van der Waals surface area contributed by atoms with Crippen molar-refractivity contribution in [2.75, 3.05) is 5.32 Å². The molecule has 1 amide bonds.